The Hall–Kier alpha value is -2.67. The molecule has 0 atom stereocenters. The quantitative estimate of drug-likeness (QED) is 0.703. The van der Waals surface area contributed by atoms with Crippen LogP contribution in [0.1, 0.15) is 31.2 Å². The van der Waals surface area contributed by atoms with Crippen molar-refractivity contribution in [1.82, 2.24) is 15.3 Å². The number of rotatable bonds is 4. The molecule has 1 aromatic carbocycles. The van der Waals surface area contributed by atoms with E-state index in [1.807, 2.05) is 42.6 Å². The Bertz CT molecular complexity index is 867. The Kier molecular flexibility index (Phi) is 5.48. The third kappa shape index (κ3) is 4.54. The van der Waals surface area contributed by atoms with Gasteiger partial charge in [0.2, 0.25) is 0 Å². The highest BCUT2D eigenvalue weighted by molar-refractivity contribution is 7.22. The predicted molar refractivity (Wildman–Crippen MR) is 110 cm³/mol. The molecule has 2 amide bonds. The van der Waals surface area contributed by atoms with Crippen LogP contribution in [0.4, 0.5) is 15.7 Å². The molecule has 2 aromatic heterocycles. The third-order valence-electron chi connectivity index (χ3n) is 4.71. The lowest BCUT2D eigenvalue weighted by Crippen LogP contribution is -2.28. The van der Waals surface area contributed by atoms with Crippen molar-refractivity contribution >= 4 is 38.5 Å². The molecule has 4 rings (SSSR count). The highest BCUT2D eigenvalue weighted by atomic mass is 32.1. The largest absolute Gasteiger partial charge is 0.357 e. The van der Waals surface area contributed by atoms with Crippen molar-refractivity contribution < 1.29 is 4.79 Å². The normalized spacial score (nSPS) is 14.7. The molecule has 0 spiro atoms. The first-order valence-electron chi connectivity index (χ1n) is 9.38. The minimum absolute atomic E-state index is 0.259. The van der Waals surface area contributed by atoms with Crippen molar-refractivity contribution in [2.45, 2.75) is 32.2 Å². The number of fused-ring (bicyclic) bond motifs is 1. The third-order valence-corrected chi connectivity index (χ3v) is 5.66. The molecule has 27 heavy (non-hydrogen) atoms. The molecule has 3 heterocycles. The molecule has 1 saturated heterocycles. The molecular formula is C20H23N5OS. The minimum Gasteiger partial charge on any atom is -0.357 e. The first-order chi connectivity index (χ1) is 13.3. The summed E-state index contributed by atoms with van der Waals surface area (Å²) < 4.78 is 1.06. The summed E-state index contributed by atoms with van der Waals surface area (Å²) in [5.74, 6) is 1.03. The maximum atomic E-state index is 12.1. The number of urea groups is 1. The van der Waals surface area contributed by atoms with Crippen LogP contribution in [0.2, 0.25) is 0 Å². The van der Waals surface area contributed by atoms with E-state index in [-0.39, 0.29) is 6.03 Å². The van der Waals surface area contributed by atoms with Crippen LogP contribution in [0.25, 0.3) is 10.2 Å². The van der Waals surface area contributed by atoms with E-state index >= 15 is 0 Å². The number of para-hydroxylation sites is 1. The molecule has 1 fully saturated rings. The van der Waals surface area contributed by atoms with Gasteiger partial charge in [0.1, 0.15) is 5.82 Å². The smallest absolute Gasteiger partial charge is 0.321 e. The zero-order chi connectivity index (χ0) is 18.5. The van der Waals surface area contributed by atoms with Gasteiger partial charge in [-0.3, -0.25) is 5.32 Å². The van der Waals surface area contributed by atoms with E-state index < -0.39 is 0 Å². The van der Waals surface area contributed by atoms with Crippen LogP contribution in [-0.4, -0.2) is 29.1 Å². The van der Waals surface area contributed by atoms with E-state index in [0.717, 1.165) is 34.7 Å². The maximum absolute atomic E-state index is 12.1. The summed E-state index contributed by atoms with van der Waals surface area (Å²) in [6.45, 7) is 2.59. The molecule has 1 aliphatic rings. The van der Waals surface area contributed by atoms with Gasteiger partial charge >= 0.3 is 6.03 Å². The average molecular weight is 382 g/mol. The Morgan fingerprint density at radius 2 is 1.89 bits per heavy atom. The molecule has 140 valence electrons. The number of hydrogen-bond acceptors (Lipinski definition) is 5. The van der Waals surface area contributed by atoms with E-state index in [0.29, 0.717) is 11.7 Å². The Morgan fingerprint density at radius 3 is 2.63 bits per heavy atom. The summed E-state index contributed by atoms with van der Waals surface area (Å²) in [5.41, 5.74) is 1.87. The van der Waals surface area contributed by atoms with Gasteiger partial charge in [0, 0.05) is 25.8 Å². The molecule has 0 aliphatic carbocycles. The molecule has 7 heteroatoms. The SMILES string of the molecule is O=C(NCc1ccc(N2CCCCCC2)nc1)Nc1nc2ccccc2s1. The number of benzene rings is 1. The topological polar surface area (TPSA) is 70.2 Å². The number of thiazole rings is 1. The van der Waals surface area contributed by atoms with Crippen molar-refractivity contribution in [3.8, 4) is 0 Å². The second-order valence-corrected chi connectivity index (χ2v) is 7.75. The first kappa shape index (κ1) is 17.7. The van der Waals surface area contributed by atoms with Gasteiger partial charge in [-0.1, -0.05) is 42.4 Å². The van der Waals surface area contributed by atoms with Crippen LogP contribution < -0.4 is 15.5 Å². The molecule has 1 aliphatic heterocycles. The molecule has 3 aromatic rings. The van der Waals surface area contributed by atoms with E-state index in [4.69, 9.17) is 0 Å². The summed E-state index contributed by atoms with van der Waals surface area (Å²) in [4.78, 5) is 23.5. The van der Waals surface area contributed by atoms with Crippen LogP contribution in [0.3, 0.4) is 0 Å². The van der Waals surface area contributed by atoms with Gasteiger partial charge in [0.15, 0.2) is 5.13 Å². The second kappa shape index (κ2) is 8.35. The summed E-state index contributed by atoms with van der Waals surface area (Å²) in [7, 11) is 0. The van der Waals surface area contributed by atoms with Crippen molar-refractivity contribution in [2.75, 3.05) is 23.3 Å². The lowest BCUT2D eigenvalue weighted by molar-refractivity contribution is 0.251. The molecule has 0 unspecified atom stereocenters. The molecule has 6 nitrogen and oxygen atoms in total. The fourth-order valence-electron chi connectivity index (χ4n) is 3.26. The van der Waals surface area contributed by atoms with Gasteiger partial charge in [0.05, 0.1) is 10.2 Å². The van der Waals surface area contributed by atoms with Gasteiger partial charge in [0.25, 0.3) is 0 Å². The zero-order valence-electron chi connectivity index (χ0n) is 15.1. The van der Waals surface area contributed by atoms with Gasteiger partial charge in [-0.25, -0.2) is 14.8 Å². The first-order valence-corrected chi connectivity index (χ1v) is 10.2. The molecule has 0 bridgehead atoms. The Balaban J connectivity index is 1.30. The summed E-state index contributed by atoms with van der Waals surface area (Å²) in [6.07, 6.45) is 6.93. The van der Waals surface area contributed by atoms with Gasteiger partial charge in [-0.15, -0.1) is 0 Å². The number of pyridine rings is 1. The second-order valence-electron chi connectivity index (χ2n) is 6.72. The molecule has 2 N–H and O–H groups in total. The van der Waals surface area contributed by atoms with Crippen LogP contribution in [0.15, 0.2) is 42.6 Å². The number of carbonyl (C=O) groups excluding carboxylic acids is 1. The average Bonchev–Trinajstić information content (AvgIpc) is 2.90. The minimum atomic E-state index is -0.259. The van der Waals surface area contributed by atoms with Crippen molar-refractivity contribution in [1.29, 1.82) is 0 Å². The molecular weight excluding hydrogens is 358 g/mol. The highest BCUT2D eigenvalue weighted by Gasteiger charge is 2.11. The lowest BCUT2D eigenvalue weighted by atomic mass is 10.2. The Morgan fingerprint density at radius 1 is 1.07 bits per heavy atom. The fraction of sp³-hybridized carbons (Fsp3) is 0.350. The zero-order valence-corrected chi connectivity index (χ0v) is 16.0. The number of carbonyl (C=O) groups is 1. The van der Waals surface area contributed by atoms with Gasteiger partial charge in [-0.05, 0) is 36.6 Å². The van der Waals surface area contributed by atoms with Crippen LogP contribution in [-0.2, 0) is 6.54 Å². The Labute approximate surface area is 162 Å². The highest BCUT2D eigenvalue weighted by Crippen LogP contribution is 2.25. The summed E-state index contributed by atoms with van der Waals surface area (Å²) in [6, 6.07) is 11.7. The number of hydrogen-bond donors (Lipinski definition) is 2. The van der Waals surface area contributed by atoms with Gasteiger partial charge < -0.3 is 10.2 Å². The summed E-state index contributed by atoms with van der Waals surface area (Å²) in [5, 5.41) is 6.26. The molecule has 0 saturated carbocycles. The number of amides is 2. The number of aromatic nitrogens is 2. The van der Waals surface area contributed by atoms with Crippen LogP contribution >= 0.6 is 11.3 Å². The van der Waals surface area contributed by atoms with E-state index in [1.165, 1.54) is 37.0 Å². The lowest BCUT2D eigenvalue weighted by Gasteiger charge is -2.21. The van der Waals surface area contributed by atoms with E-state index in [9.17, 15) is 4.79 Å². The monoisotopic (exact) mass is 381 g/mol. The van der Waals surface area contributed by atoms with Crippen LogP contribution in [0.5, 0.6) is 0 Å². The van der Waals surface area contributed by atoms with Crippen molar-refractivity contribution in [2.24, 2.45) is 0 Å². The van der Waals surface area contributed by atoms with Crippen molar-refractivity contribution in [3.05, 3.63) is 48.2 Å². The molecule has 0 radical (unpaired) electrons. The number of anilines is 2. The van der Waals surface area contributed by atoms with E-state index in [1.54, 1.807) is 0 Å². The fourth-order valence-corrected chi connectivity index (χ4v) is 4.12. The van der Waals surface area contributed by atoms with Crippen molar-refractivity contribution in [3.63, 3.8) is 0 Å². The van der Waals surface area contributed by atoms with E-state index in [2.05, 4.69) is 25.5 Å². The standard InChI is InChI=1S/C20H23N5OS/c26-19(24-20-23-16-7-3-4-8-17(16)27-20)22-14-15-9-10-18(21-13-15)25-11-5-1-2-6-12-25/h3-4,7-10,13H,1-2,5-6,11-12,14H2,(H2,22,23,24,26). The summed E-state index contributed by atoms with van der Waals surface area (Å²) >= 11 is 1.47. The van der Waals surface area contributed by atoms with Crippen LogP contribution in [0, 0.1) is 0 Å². The van der Waals surface area contributed by atoms with Gasteiger partial charge in [-0.2, -0.15) is 0 Å². The number of nitrogens with one attached hydrogen (secondary N) is 2. The maximum Gasteiger partial charge on any atom is 0.321 e. The predicted octanol–water partition coefficient (Wildman–Crippen LogP) is 4.39. The number of nitrogens with zero attached hydrogens (tertiary/aromatic N) is 3.